The first-order chi connectivity index (χ1) is 10.2. The Morgan fingerprint density at radius 2 is 2.00 bits per heavy atom. The number of halogens is 1. The van der Waals surface area contributed by atoms with Crippen LogP contribution in [0.2, 0.25) is 0 Å². The highest BCUT2D eigenvalue weighted by Crippen LogP contribution is 2.34. The number of hydrogen-bond donors (Lipinski definition) is 1. The number of rotatable bonds is 6. The maximum absolute atomic E-state index is 5.53. The van der Waals surface area contributed by atoms with E-state index in [1.165, 1.54) is 24.8 Å². The highest BCUT2D eigenvalue weighted by molar-refractivity contribution is 9.10. The van der Waals surface area contributed by atoms with Gasteiger partial charge in [0.25, 0.3) is 0 Å². The lowest BCUT2D eigenvalue weighted by Gasteiger charge is -2.36. The molecule has 1 N–H and O–H groups in total. The van der Waals surface area contributed by atoms with Crippen molar-refractivity contribution < 1.29 is 9.47 Å². The molecule has 0 aliphatic carbocycles. The first kappa shape index (κ1) is 16.6. The van der Waals surface area contributed by atoms with E-state index in [0.717, 1.165) is 35.6 Å². The van der Waals surface area contributed by atoms with Crippen LogP contribution in [0.3, 0.4) is 0 Å². The predicted octanol–water partition coefficient (Wildman–Crippen LogP) is 3.04. The summed E-state index contributed by atoms with van der Waals surface area (Å²) in [5, 5.41) is 3.31. The molecule has 4 nitrogen and oxygen atoms in total. The number of nitrogens with zero attached hydrogens (tertiary/aromatic N) is 1. The molecule has 1 aliphatic heterocycles. The van der Waals surface area contributed by atoms with Gasteiger partial charge in [0, 0.05) is 24.7 Å². The number of piperidine rings is 1. The zero-order valence-corrected chi connectivity index (χ0v) is 14.7. The molecule has 1 aromatic rings. The van der Waals surface area contributed by atoms with Gasteiger partial charge in [0.1, 0.15) is 11.5 Å². The molecule has 1 saturated heterocycles. The lowest BCUT2D eigenvalue weighted by Crippen LogP contribution is -2.44. The summed E-state index contributed by atoms with van der Waals surface area (Å²) in [6.07, 6.45) is 3.86. The van der Waals surface area contributed by atoms with E-state index in [1.54, 1.807) is 14.2 Å². The van der Waals surface area contributed by atoms with E-state index in [9.17, 15) is 0 Å². The maximum atomic E-state index is 5.53. The second kappa shape index (κ2) is 8.01. The Labute approximate surface area is 135 Å². The Morgan fingerprint density at radius 3 is 2.67 bits per heavy atom. The smallest absolute Gasteiger partial charge is 0.133 e. The minimum absolute atomic E-state index is 0.600. The van der Waals surface area contributed by atoms with Gasteiger partial charge in [0.15, 0.2) is 0 Å². The van der Waals surface area contributed by atoms with Gasteiger partial charge in [-0.2, -0.15) is 0 Å². The molecule has 1 aliphatic rings. The number of hydrogen-bond acceptors (Lipinski definition) is 4. The molecule has 0 radical (unpaired) electrons. The summed E-state index contributed by atoms with van der Waals surface area (Å²) in [5.74, 6) is 1.77. The summed E-state index contributed by atoms with van der Waals surface area (Å²) in [6.45, 7) is 3.09. The Balaban J connectivity index is 2.20. The van der Waals surface area contributed by atoms with Crippen molar-refractivity contribution in [3.63, 3.8) is 0 Å². The monoisotopic (exact) mass is 356 g/mol. The van der Waals surface area contributed by atoms with Crippen molar-refractivity contribution in [1.29, 1.82) is 0 Å². The normalized spacial score (nSPS) is 19.5. The van der Waals surface area contributed by atoms with Crippen LogP contribution >= 0.6 is 15.9 Å². The van der Waals surface area contributed by atoms with Gasteiger partial charge in [-0.05, 0) is 54.5 Å². The van der Waals surface area contributed by atoms with Gasteiger partial charge in [-0.15, -0.1) is 0 Å². The van der Waals surface area contributed by atoms with E-state index >= 15 is 0 Å². The number of methoxy groups -OCH3 is 2. The molecular formula is C16H25BrN2O2. The molecule has 118 valence electrons. The molecule has 2 rings (SSSR count). The third-order valence-corrected chi connectivity index (χ3v) is 4.74. The minimum Gasteiger partial charge on any atom is -0.496 e. The first-order valence-electron chi connectivity index (χ1n) is 7.48. The van der Waals surface area contributed by atoms with E-state index in [1.807, 2.05) is 13.1 Å². The lowest BCUT2D eigenvalue weighted by atomic mass is 10.0. The summed E-state index contributed by atoms with van der Waals surface area (Å²) in [5.41, 5.74) is 1.18. The number of nitrogens with one attached hydrogen (secondary N) is 1. The number of likely N-dealkylation sites (N-methyl/N-ethyl adjacent to an activating group) is 1. The van der Waals surface area contributed by atoms with Crippen molar-refractivity contribution in [1.82, 2.24) is 10.2 Å². The second-order valence-electron chi connectivity index (χ2n) is 5.48. The SMILES string of the molecule is CNCC1CCCCN1Cc1cc(OC)c(Br)cc1OC. The van der Waals surface area contributed by atoms with E-state index in [4.69, 9.17) is 9.47 Å². The van der Waals surface area contributed by atoms with Crippen molar-refractivity contribution in [2.45, 2.75) is 31.8 Å². The van der Waals surface area contributed by atoms with Gasteiger partial charge < -0.3 is 14.8 Å². The van der Waals surface area contributed by atoms with Crippen LogP contribution in [0, 0.1) is 0 Å². The van der Waals surface area contributed by atoms with Crippen LogP contribution in [-0.4, -0.2) is 45.3 Å². The molecular weight excluding hydrogens is 332 g/mol. The Kier molecular flexibility index (Phi) is 6.33. The molecule has 0 aromatic heterocycles. The van der Waals surface area contributed by atoms with Crippen molar-refractivity contribution in [2.75, 3.05) is 34.4 Å². The average molecular weight is 357 g/mol. The van der Waals surface area contributed by atoms with Gasteiger partial charge in [-0.1, -0.05) is 6.42 Å². The van der Waals surface area contributed by atoms with Crippen LogP contribution in [-0.2, 0) is 6.54 Å². The summed E-state index contributed by atoms with van der Waals surface area (Å²) in [6, 6.07) is 4.67. The molecule has 1 heterocycles. The van der Waals surface area contributed by atoms with Gasteiger partial charge >= 0.3 is 0 Å². The van der Waals surface area contributed by atoms with Crippen LogP contribution < -0.4 is 14.8 Å². The van der Waals surface area contributed by atoms with Gasteiger partial charge in [0.2, 0.25) is 0 Å². The van der Waals surface area contributed by atoms with Crippen LogP contribution in [0.5, 0.6) is 11.5 Å². The summed E-state index contributed by atoms with van der Waals surface area (Å²) in [7, 11) is 5.44. The Morgan fingerprint density at radius 1 is 1.24 bits per heavy atom. The van der Waals surface area contributed by atoms with E-state index in [2.05, 4.69) is 32.2 Å². The molecule has 5 heteroatoms. The van der Waals surface area contributed by atoms with Gasteiger partial charge in [0.05, 0.1) is 18.7 Å². The highest BCUT2D eigenvalue weighted by atomic mass is 79.9. The van der Waals surface area contributed by atoms with E-state index in [-0.39, 0.29) is 0 Å². The van der Waals surface area contributed by atoms with Crippen molar-refractivity contribution in [2.24, 2.45) is 0 Å². The molecule has 0 bridgehead atoms. The fourth-order valence-electron chi connectivity index (χ4n) is 3.00. The van der Waals surface area contributed by atoms with E-state index in [0.29, 0.717) is 6.04 Å². The van der Waals surface area contributed by atoms with Gasteiger partial charge in [-0.25, -0.2) is 0 Å². The van der Waals surface area contributed by atoms with E-state index < -0.39 is 0 Å². The van der Waals surface area contributed by atoms with Gasteiger partial charge in [-0.3, -0.25) is 4.90 Å². The molecule has 0 saturated carbocycles. The second-order valence-corrected chi connectivity index (χ2v) is 6.33. The molecule has 1 aromatic carbocycles. The molecule has 1 fully saturated rings. The minimum atomic E-state index is 0.600. The van der Waals surface area contributed by atoms with Crippen LogP contribution in [0.1, 0.15) is 24.8 Å². The standard InChI is InChI=1S/C16H25BrN2O2/c1-18-10-13-6-4-5-7-19(13)11-12-8-16(21-3)14(17)9-15(12)20-2/h8-9,13,18H,4-7,10-11H2,1-3H3. The largest absolute Gasteiger partial charge is 0.496 e. The number of benzene rings is 1. The number of likely N-dealkylation sites (tertiary alicyclic amines) is 1. The maximum Gasteiger partial charge on any atom is 0.133 e. The summed E-state index contributed by atoms with van der Waals surface area (Å²) < 4.78 is 11.9. The first-order valence-corrected chi connectivity index (χ1v) is 8.28. The average Bonchev–Trinajstić information content (AvgIpc) is 2.50. The highest BCUT2D eigenvalue weighted by Gasteiger charge is 2.23. The molecule has 0 amide bonds. The molecule has 0 spiro atoms. The summed E-state index contributed by atoms with van der Waals surface area (Å²) >= 11 is 3.52. The van der Waals surface area contributed by atoms with Crippen LogP contribution in [0.15, 0.2) is 16.6 Å². The third kappa shape index (κ3) is 4.11. The zero-order valence-electron chi connectivity index (χ0n) is 13.1. The molecule has 21 heavy (non-hydrogen) atoms. The van der Waals surface area contributed by atoms with Crippen molar-refractivity contribution in [3.05, 3.63) is 22.2 Å². The fraction of sp³-hybridized carbons (Fsp3) is 0.625. The van der Waals surface area contributed by atoms with Crippen molar-refractivity contribution >= 4 is 15.9 Å². The van der Waals surface area contributed by atoms with Crippen LogP contribution in [0.25, 0.3) is 0 Å². The predicted molar refractivity (Wildman–Crippen MR) is 89.2 cm³/mol. The third-order valence-electron chi connectivity index (χ3n) is 4.12. The fourth-order valence-corrected chi connectivity index (χ4v) is 3.49. The summed E-state index contributed by atoms with van der Waals surface area (Å²) in [4.78, 5) is 2.55. The molecule has 1 unspecified atom stereocenters. The zero-order chi connectivity index (χ0) is 15.2. The Hall–Kier alpha value is -0.780. The van der Waals surface area contributed by atoms with Crippen molar-refractivity contribution in [3.8, 4) is 11.5 Å². The Bertz CT molecular complexity index is 466. The lowest BCUT2D eigenvalue weighted by molar-refractivity contribution is 0.138. The van der Waals surface area contributed by atoms with Crippen LogP contribution in [0.4, 0.5) is 0 Å². The topological polar surface area (TPSA) is 33.7 Å². The quantitative estimate of drug-likeness (QED) is 0.849. The number of ether oxygens (including phenoxy) is 2. The molecule has 1 atom stereocenters.